The Hall–Kier alpha value is -0.250. The highest BCUT2D eigenvalue weighted by molar-refractivity contribution is 9.10. The van der Waals surface area contributed by atoms with Gasteiger partial charge in [-0.15, -0.1) is 0 Å². The lowest BCUT2D eigenvalue weighted by atomic mass is 10.0. The van der Waals surface area contributed by atoms with Crippen LogP contribution in [0.2, 0.25) is 5.02 Å². The van der Waals surface area contributed by atoms with Crippen molar-refractivity contribution in [1.82, 2.24) is 5.32 Å². The van der Waals surface area contributed by atoms with Crippen LogP contribution in [0.25, 0.3) is 0 Å². The van der Waals surface area contributed by atoms with E-state index in [1.165, 1.54) is 18.5 Å². The second kappa shape index (κ2) is 6.96. The summed E-state index contributed by atoms with van der Waals surface area (Å²) in [7, 11) is 0. The molecule has 4 heteroatoms. The molecule has 2 rings (SSSR count). The molecule has 106 valence electrons. The van der Waals surface area contributed by atoms with Gasteiger partial charge in [0.25, 0.3) is 0 Å². The first-order valence-corrected chi connectivity index (χ1v) is 8.16. The van der Waals surface area contributed by atoms with Crippen LogP contribution in [-0.2, 0) is 0 Å². The standard InChI is InChI=1S/C15H22BrClN2/c1-11(2)8-12-10-19(7-3-6-18-12)13-4-5-14(16)15(17)9-13/h4-5,9,11-12,18H,3,6-8,10H2,1-2H3. The van der Waals surface area contributed by atoms with Gasteiger partial charge >= 0.3 is 0 Å². The zero-order valence-electron chi connectivity index (χ0n) is 11.6. The minimum atomic E-state index is 0.574. The number of anilines is 1. The molecule has 1 heterocycles. The zero-order chi connectivity index (χ0) is 13.8. The number of hydrogen-bond donors (Lipinski definition) is 1. The van der Waals surface area contributed by atoms with Crippen LogP contribution in [0.3, 0.4) is 0 Å². The third-order valence-electron chi connectivity index (χ3n) is 3.50. The van der Waals surface area contributed by atoms with E-state index in [9.17, 15) is 0 Å². The van der Waals surface area contributed by atoms with Gasteiger partial charge in [-0.05, 0) is 59.4 Å². The molecule has 0 aromatic heterocycles. The Morgan fingerprint density at radius 3 is 2.95 bits per heavy atom. The highest BCUT2D eigenvalue weighted by Crippen LogP contribution is 2.28. The summed E-state index contributed by atoms with van der Waals surface area (Å²) < 4.78 is 0.963. The van der Waals surface area contributed by atoms with Gasteiger partial charge < -0.3 is 10.2 Å². The summed E-state index contributed by atoms with van der Waals surface area (Å²) in [5, 5.41) is 4.44. The van der Waals surface area contributed by atoms with Crippen LogP contribution in [-0.4, -0.2) is 25.7 Å². The zero-order valence-corrected chi connectivity index (χ0v) is 14.0. The minimum absolute atomic E-state index is 0.574. The van der Waals surface area contributed by atoms with Crippen molar-refractivity contribution in [2.75, 3.05) is 24.5 Å². The first kappa shape index (κ1) is 15.1. The Labute approximate surface area is 129 Å². The molecule has 1 aromatic rings. The summed E-state index contributed by atoms with van der Waals surface area (Å²) in [4.78, 5) is 2.45. The predicted molar refractivity (Wildman–Crippen MR) is 87.2 cm³/mol. The lowest BCUT2D eigenvalue weighted by molar-refractivity contribution is 0.436. The van der Waals surface area contributed by atoms with Gasteiger partial charge in [0, 0.05) is 29.3 Å². The number of rotatable bonds is 3. The van der Waals surface area contributed by atoms with Crippen LogP contribution < -0.4 is 10.2 Å². The summed E-state index contributed by atoms with van der Waals surface area (Å²) in [5.74, 6) is 0.728. The third kappa shape index (κ3) is 4.37. The highest BCUT2D eigenvalue weighted by atomic mass is 79.9. The predicted octanol–water partition coefficient (Wildman–Crippen LogP) is 4.32. The molecule has 1 N–H and O–H groups in total. The van der Waals surface area contributed by atoms with E-state index in [1.54, 1.807) is 0 Å². The Balaban J connectivity index is 2.10. The number of nitrogens with zero attached hydrogens (tertiary/aromatic N) is 1. The SMILES string of the molecule is CC(C)CC1CN(c2ccc(Br)c(Cl)c2)CCCN1. The smallest absolute Gasteiger partial charge is 0.0568 e. The molecule has 1 aliphatic heterocycles. The molecule has 19 heavy (non-hydrogen) atoms. The van der Waals surface area contributed by atoms with Crippen molar-refractivity contribution in [1.29, 1.82) is 0 Å². The Bertz CT molecular complexity index is 423. The van der Waals surface area contributed by atoms with Crippen LogP contribution in [0.4, 0.5) is 5.69 Å². The molecule has 2 nitrogen and oxygen atoms in total. The van der Waals surface area contributed by atoms with Gasteiger partial charge in [0.2, 0.25) is 0 Å². The number of benzene rings is 1. The van der Waals surface area contributed by atoms with E-state index in [0.29, 0.717) is 6.04 Å². The van der Waals surface area contributed by atoms with E-state index in [1.807, 2.05) is 6.07 Å². The van der Waals surface area contributed by atoms with Crippen LogP contribution in [0, 0.1) is 5.92 Å². The Morgan fingerprint density at radius 2 is 2.26 bits per heavy atom. The van der Waals surface area contributed by atoms with Gasteiger partial charge in [-0.1, -0.05) is 25.4 Å². The maximum Gasteiger partial charge on any atom is 0.0568 e. The lowest BCUT2D eigenvalue weighted by Gasteiger charge is -2.27. The summed E-state index contributed by atoms with van der Waals surface area (Å²) in [6.45, 7) is 7.84. The molecule has 0 bridgehead atoms. The molecule has 0 aliphatic carbocycles. The molecule has 1 fully saturated rings. The van der Waals surface area contributed by atoms with Gasteiger partial charge in [0.1, 0.15) is 0 Å². The third-order valence-corrected chi connectivity index (χ3v) is 4.74. The average Bonchev–Trinajstić information content (AvgIpc) is 2.57. The first-order chi connectivity index (χ1) is 9.06. The number of nitrogens with one attached hydrogen (secondary N) is 1. The van der Waals surface area contributed by atoms with Crippen molar-refractivity contribution in [3.8, 4) is 0 Å². The average molecular weight is 346 g/mol. The molecule has 1 aromatic carbocycles. The maximum absolute atomic E-state index is 6.21. The summed E-state index contributed by atoms with van der Waals surface area (Å²) >= 11 is 9.66. The Morgan fingerprint density at radius 1 is 1.47 bits per heavy atom. The van der Waals surface area contributed by atoms with Gasteiger partial charge in [0.15, 0.2) is 0 Å². The van der Waals surface area contributed by atoms with E-state index in [0.717, 1.165) is 35.0 Å². The summed E-state index contributed by atoms with van der Waals surface area (Å²) in [6.07, 6.45) is 2.41. The van der Waals surface area contributed by atoms with Crippen LogP contribution in [0.5, 0.6) is 0 Å². The second-order valence-electron chi connectivity index (χ2n) is 5.68. The quantitative estimate of drug-likeness (QED) is 0.878. The highest BCUT2D eigenvalue weighted by Gasteiger charge is 2.19. The topological polar surface area (TPSA) is 15.3 Å². The van der Waals surface area contributed by atoms with Crippen molar-refractivity contribution >= 4 is 33.2 Å². The van der Waals surface area contributed by atoms with Gasteiger partial charge in [-0.2, -0.15) is 0 Å². The molecule has 1 aliphatic rings. The summed E-state index contributed by atoms with van der Waals surface area (Å²) in [5.41, 5.74) is 1.23. The van der Waals surface area contributed by atoms with Crippen molar-refractivity contribution in [2.45, 2.75) is 32.7 Å². The van der Waals surface area contributed by atoms with Crippen LogP contribution in [0.15, 0.2) is 22.7 Å². The van der Waals surface area contributed by atoms with Crippen molar-refractivity contribution in [3.63, 3.8) is 0 Å². The molecule has 0 radical (unpaired) electrons. The Kier molecular flexibility index (Phi) is 5.55. The first-order valence-electron chi connectivity index (χ1n) is 6.99. The monoisotopic (exact) mass is 344 g/mol. The van der Waals surface area contributed by atoms with E-state index in [2.05, 4.69) is 52.1 Å². The minimum Gasteiger partial charge on any atom is -0.370 e. The van der Waals surface area contributed by atoms with E-state index >= 15 is 0 Å². The number of hydrogen-bond acceptors (Lipinski definition) is 2. The fourth-order valence-electron chi connectivity index (χ4n) is 2.64. The number of halogens is 2. The normalized spacial score (nSPS) is 20.7. The van der Waals surface area contributed by atoms with Crippen molar-refractivity contribution in [2.24, 2.45) is 5.92 Å². The van der Waals surface area contributed by atoms with E-state index in [4.69, 9.17) is 11.6 Å². The fraction of sp³-hybridized carbons (Fsp3) is 0.600. The van der Waals surface area contributed by atoms with Crippen molar-refractivity contribution in [3.05, 3.63) is 27.7 Å². The van der Waals surface area contributed by atoms with Gasteiger partial charge in [-0.3, -0.25) is 0 Å². The van der Waals surface area contributed by atoms with E-state index in [-0.39, 0.29) is 0 Å². The molecule has 1 unspecified atom stereocenters. The molecular weight excluding hydrogens is 324 g/mol. The maximum atomic E-state index is 6.21. The van der Waals surface area contributed by atoms with Crippen molar-refractivity contribution < 1.29 is 0 Å². The molecule has 1 saturated heterocycles. The lowest BCUT2D eigenvalue weighted by Crippen LogP contribution is -2.38. The molecule has 1 atom stereocenters. The largest absolute Gasteiger partial charge is 0.370 e. The van der Waals surface area contributed by atoms with E-state index < -0.39 is 0 Å². The van der Waals surface area contributed by atoms with Crippen LogP contribution in [0.1, 0.15) is 26.7 Å². The van der Waals surface area contributed by atoms with Crippen LogP contribution >= 0.6 is 27.5 Å². The van der Waals surface area contributed by atoms with Gasteiger partial charge in [-0.25, -0.2) is 0 Å². The summed E-state index contributed by atoms with van der Waals surface area (Å²) in [6, 6.07) is 6.81. The second-order valence-corrected chi connectivity index (χ2v) is 6.94. The molecule has 0 amide bonds. The molecular formula is C15H22BrClN2. The fourth-order valence-corrected chi connectivity index (χ4v) is 3.06. The van der Waals surface area contributed by atoms with Gasteiger partial charge in [0.05, 0.1) is 5.02 Å². The molecule has 0 spiro atoms. The molecule has 0 saturated carbocycles.